The topological polar surface area (TPSA) is 55.8 Å². The fraction of sp³-hybridized carbons (Fsp3) is 0.900. The van der Waals surface area contributed by atoms with Crippen molar-refractivity contribution in [3.63, 3.8) is 0 Å². The zero-order valence-corrected chi connectivity index (χ0v) is 15.7. The Kier molecular flexibility index (Phi) is 4.33. The van der Waals surface area contributed by atoms with Crippen LogP contribution in [0.5, 0.6) is 0 Å². The molecule has 140 valence electrons. The van der Waals surface area contributed by atoms with E-state index >= 15 is 0 Å². The van der Waals surface area contributed by atoms with Crippen molar-refractivity contribution in [2.45, 2.75) is 71.5 Å². The number of hydrogen-bond acceptors (Lipinski definition) is 4. The van der Waals surface area contributed by atoms with E-state index < -0.39 is 0 Å². The molecular formula is C20H31NO4. The molecule has 0 aromatic heterocycles. The van der Waals surface area contributed by atoms with E-state index in [1.807, 2.05) is 4.90 Å². The van der Waals surface area contributed by atoms with Crippen LogP contribution in [0.2, 0.25) is 0 Å². The predicted octanol–water partition coefficient (Wildman–Crippen LogP) is 2.98. The number of carbonyl (C=O) groups is 2. The molecule has 7 atom stereocenters. The van der Waals surface area contributed by atoms with Gasteiger partial charge in [0, 0.05) is 31.7 Å². The summed E-state index contributed by atoms with van der Waals surface area (Å²) in [6.45, 7) is 6.84. The minimum atomic E-state index is -0.143. The third-order valence-electron chi connectivity index (χ3n) is 7.85. The lowest BCUT2D eigenvalue weighted by Crippen LogP contribution is -2.56. The maximum atomic E-state index is 11.8. The highest BCUT2D eigenvalue weighted by Crippen LogP contribution is 2.61. The molecule has 3 aliphatic carbocycles. The van der Waals surface area contributed by atoms with Crippen molar-refractivity contribution in [3.05, 3.63) is 0 Å². The number of ether oxygens (including phenoxy) is 2. The van der Waals surface area contributed by atoms with Gasteiger partial charge in [0.1, 0.15) is 12.8 Å². The molecule has 4 aliphatic rings. The Labute approximate surface area is 150 Å². The Balaban J connectivity index is 1.53. The summed E-state index contributed by atoms with van der Waals surface area (Å²) >= 11 is 0. The summed E-state index contributed by atoms with van der Waals surface area (Å²) in [7, 11) is 0. The molecular weight excluding hydrogens is 318 g/mol. The largest absolute Gasteiger partial charge is 0.462 e. The molecule has 25 heavy (non-hydrogen) atoms. The van der Waals surface area contributed by atoms with Gasteiger partial charge in [0.25, 0.3) is 0 Å². The number of esters is 1. The molecule has 4 rings (SSSR count). The quantitative estimate of drug-likeness (QED) is 0.683. The maximum absolute atomic E-state index is 11.8. The molecule has 0 spiro atoms. The zero-order chi connectivity index (χ0) is 17.8. The first kappa shape index (κ1) is 17.3. The summed E-state index contributed by atoms with van der Waals surface area (Å²) < 4.78 is 11.8. The van der Waals surface area contributed by atoms with Crippen LogP contribution in [0.15, 0.2) is 0 Å². The SMILES string of the molecule is CC(=O)O[C@H]1CC[C@H]2[C@@H]3CC[C@H]4OCN(C(C)=O)C[C@@H]4[C@H]3CC[C@]12C. The van der Waals surface area contributed by atoms with Gasteiger partial charge in [-0.2, -0.15) is 0 Å². The summed E-state index contributed by atoms with van der Waals surface area (Å²) in [5.74, 6) is 2.44. The summed E-state index contributed by atoms with van der Waals surface area (Å²) in [5, 5.41) is 0. The predicted molar refractivity (Wildman–Crippen MR) is 92.5 cm³/mol. The molecule has 1 saturated heterocycles. The van der Waals surface area contributed by atoms with E-state index in [0.29, 0.717) is 36.5 Å². The maximum Gasteiger partial charge on any atom is 0.302 e. The van der Waals surface area contributed by atoms with Gasteiger partial charge in [0.2, 0.25) is 5.91 Å². The molecule has 0 aromatic carbocycles. The van der Waals surface area contributed by atoms with Crippen molar-refractivity contribution in [1.82, 2.24) is 4.90 Å². The molecule has 0 unspecified atom stereocenters. The Morgan fingerprint density at radius 3 is 2.56 bits per heavy atom. The van der Waals surface area contributed by atoms with Crippen LogP contribution in [-0.4, -0.2) is 42.3 Å². The highest BCUT2D eigenvalue weighted by Gasteiger charge is 2.58. The number of fused-ring (bicyclic) bond motifs is 5. The van der Waals surface area contributed by atoms with Gasteiger partial charge in [0.05, 0.1) is 6.10 Å². The zero-order valence-electron chi connectivity index (χ0n) is 15.7. The van der Waals surface area contributed by atoms with Crippen LogP contribution in [-0.2, 0) is 19.1 Å². The van der Waals surface area contributed by atoms with E-state index in [0.717, 1.165) is 25.8 Å². The van der Waals surface area contributed by atoms with Crippen LogP contribution in [0, 0.1) is 29.1 Å². The van der Waals surface area contributed by atoms with E-state index in [1.165, 1.54) is 26.2 Å². The monoisotopic (exact) mass is 349 g/mol. The molecule has 0 radical (unpaired) electrons. The van der Waals surface area contributed by atoms with Gasteiger partial charge in [-0.25, -0.2) is 0 Å². The Hall–Kier alpha value is -1.10. The second-order valence-corrected chi connectivity index (χ2v) is 8.97. The van der Waals surface area contributed by atoms with Gasteiger partial charge in [-0.15, -0.1) is 0 Å². The van der Waals surface area contributed by atoms with Crippen LogP contribution >= 0.6 is 0 Å². The molecule has 0 bridgehead atoms. The number of nitrogens with zero attached hydrogens (tertiary/aromatic N) is 1. The van der Waals surface area contributed by atoms with Gasteiger partial charge < -0.3 is 14.4 Å². The van der Waals surface area contributed by atoms with Crippen LogP contribution in [0.3, 0.4) is 0 Å². The lowest BCUT2D eigenvalue weighted by Gasteiger charge is -2.55. The Morgan fingerprint density at radius 2 is 1.84 bits per heavy atom. The molecule has 1 amide bonds. The van der Waals surface area contributed by atoms with E-state index in [4.69, 9.17) is 9.47 Å². The van der Waals surface area contributed by atoms with Crippen LogP contribution in [0.25, 0.3) is 0 Å². The number of hydrogen-bond donors (Lipinski definition) is 0. The molecule has 0 aromatic rings. The molecule has 1 heterocycles. The van der Waals surface area contributed by atoms with Gasteiger partial charge in [-0.3, -0.25) is 9.59 Å². The summed E-state index contributed by atoms with van der Waals surface area (Å²) in [4.78, 5) is 25.2. The summed E-state index contributed by atoms with van der Waals surface area (Å²) in [6, 6.07) is 0. The third-order valence-corrected chi connectivity index (χ3v) is 7.85. The van der Waals surface area contributed by atoms with Crippen molar-refractivity contribution in [3.8, 4) is 0 Å². The van der Waals surface area contributed by atoms with Crippen LogP contribution < -0.4 is 0 Å². The molecule has 5 nitrogen and oxygen atoms in total. The first-order valence-corrected chi connectivity index (χ1v) is 9.94. The lowest BCUT2D eigenvalue weighted by atomic mass is 9.53. The van der Waals surface area contributed by atoms with Crippen molar-refractivity contribution in [2.24, 2.45) is 29.1 Å². The lowest BCUT2D eigenvalue weighted by molar-refractivity contribution is -0.180. The van der Waals surface area contributed by atoms with Gasteiger partial charge >= 0.3 is 5.97 Å². The average Bonchev–Trinajstić information content (AvgIpc) is 2.90. The molecule has 3 saturated carbocycles. The first-order chi connectivity index (χ1) is 11.9. The smallest absolute Gasteiger partial charge is 0.302 e. The normalized spacial score (nSPS) is 46.0. The van der Waals surface area contributed by atoms with E-state index in [-0.39, 0.29) is 23.4 Å². The van der Waals surface area contributed by atoms with Gasteiger partial charge in [0.15, 0.2) is 0 Å². The van der Waals surface area contributed by atoms with E-state index in [9.17, 15) is 9.59 Å². The van der Waals surface area contributed by atoms with Crippen molar-refractivity contribution in [2.75, 3.05) is 13.3 Å². The van der Waals surface area contributed by atoms with Crippen LogP contribution in [0.1, 0.15) is 59.3 Å². The minimum Gasteiger partial charge on any atom is -0.462 e. The fourth-order valence-corrected chi connectivity index (χ4v) is 6.63. The molecule has 4 fully saturated rings. The average molecular weight is 349 g/mol. The van der Waals surface area contributed by atoms with E-state index in [2.05, 4.69) is 6.92 Å². The molecule has 1 aliphatic heterocycles. The Morgan fingerprint density at radius 1 is 1.04 bits per heavy atom. The second-order valence-electron chi connectivity index (χ2n) is 8.97. The number of rotatable bonds is 1. The highest BCUT2D eigenvalue weighted by molar-refractivity contribution is 5.73. The first-order valence-electron chi connectivity index (χ1n) is 9.94. The summed E-state index contributed by atoms with van der Waals surface area (Å²) in [6.07, 6.45) is 7.22. The minimum absolute atomic E-state index is 0.0880. The van der Waals surface area contributed by atoms with Crippen molar-refractivity contribution < 1.29 is 19.1 Å². The van der Waals surface area contributed by atoms with E-state index in [1.54, 1.807) is 6.92 Å². The standard InChI is InChI=1S/C20H31NO4/c1-12(22)21-10-16-14-8-9-20(3)17(5-7-19(20)25-13(2)23)15(14)4-6-18(16)24-11-21/h14-19H,4-11H2,1-3H3/t14-,15+,16+,17-,18+,19-,20-/m0/s1. The van der Waals surface area contributed by atoms with Gasteiger partial charge in [-0.1, -0.05) is 6.92 Å². The number of carbonyl (C=O) groups excluding carboxylic acids is 2. The summed E-state index contributed by atoms with van der Waals surface area (Å²) in [5.41, 5.74) is 0.134. The van der Waals surface area contributed by atoms with Crippen LogP contribution in [0.4, 0.5) is 0 Å². The van der Waals surface area contributed by atoms with Gasteiger partial charge in [-0.05, 0) is 56.3 Å². The highest BCUT2D eigenvalue weighted by atomic mass is 16.5. The van der Waals surface area contributed by atoms with Crippen molar-refractivity contribution >= 4 is 11.9 Å². The second kappa shape index (κ2) is 6.26. The fourth-order valence-electron chi connectivity index (χ4n) is 6.63. The Bertz CT molecular complexity index is 564. The molecule has 5 heteroatoms. The van der Waals surface area contributed by atoms with Crippen molar-refractivity contribution in [1.29, 1.82) is 0 Å². The molecule has 0 N–H and O–H groups in total. The number of amides is 1. The third kappa shape index (κ3) is 2.79.